The third kappa shape index (κ3) is 5.54. The Balaban J connectivity index is 2.22. The lowest BCUT2D eigenvalue weighted by molar-refractivity contribution is -0.114. The Labute approximate surface area is 161 Å². The first-order valence-electron chi connectivity index (χ1n) is 7.07. The van der Waals surface area contributed by atoms with Crippen molar-refractivity contribution in [3.63, 3.8) is 0 Å². The molecule has 25 heavy (non-hydrogen) atoms. The number of hydrogen-bond donors (Lipinski definition) is 1. The van der Waals surface area contributed by atoms with E-state index in [1.807, 2.05) is 12.3 Å². The smallest absolute Gasteiger partial charge is 0.245 e. The fraction of sp³-hybridized carbons (Fsp3) is 0.188. The maximum Gasteiger partial charge on any atom is 0.245 e. The van der Waals surface area contributed by atoms with E-state index in [2.05, 4.69) is 5.32 Å². The number of anilines is 2. The van der Waals surface area contributed by atoms with Crippen molar-refractivity contribution in [2.45, 2.75) is 4.90 Å². The summed E-state index contributed by atoms with van der Waals surface area (Å²) in [5.74, 6) is -0.488. The fourth-order valence-electron chi connectivity index (χ4n) is 2.07. The van der Waals surface area contributed by atoms with Gasteiger partial charge in [0.1, 0.15) is 6.54 Å². The summed E-state index contributed by atoms with van der Waals surface area (Å²) in [7, 11) is -3.63. The molecule has 134 valence electrons. The van der Waals surface area contributed by atoms with Crippen LogP contribution in [0.3, 0.4) is 0 Å². The topological polar surface area (TPSA) is 66.5 Å². The van der Waals surface area contributed by atoms with Crippen LogP contribution in [0.25, 0.3) is 0 Å². The van der Waals surface area contributed by atoms with E-state index in [-0.39, 0.29) is 6.54 Å². The summed E-state index contributed by atoms with van der Waals surface area (Å²) in [6.45, 7) is -0.350. The van der Waals surface area contributed by atoms with E-state index < -0.39 is 15.9 Å². The third-order valence-electron chi connectivity index (χ3n) is 3.23. The summed E-state index contributed by atoms with van der Waals surface area (Å²) < 4.78 is 25.3. The van der Waals surface area contributed by atoms with Crippen LogP contribution in [0.5, 0.6) is 0 Å². The lowest BCUT2D eigenvalue weighted by atomic mass is 10.3. The Morgan fingerprint density at radius 3 is 2.48 bits per heavy atom. The van der Waals surface area contributed by atoms with Gasteiger partial charge in [0, 0.05) is 10.6 Å². The standard InChI is InChI=1S/C16H16Cl2N2O3S2/c1-24-13-5-3-4-12(9-13)20(25(2,22)23)10-16(21)19-11-6-7-14(17)15(18)8-11/h3-9H,10H2,1-2H3,(H,19,21). The summed E-state index contributed by atoms with van der Waals surface area (Å²) in [6, 6.07) is 11.6. The molecule has 0 radical (unpaired) electrons. The van der Waals surface area contributed by atoms with E-state index in [1.165, 1.54) is 17.8 Å². The van der Waals surface area contributed by atoms with E-state index in [1.54, 1.807) is 30.3 Å². The van der Waals surface area contributed by atoms with Crippen molar-refractivity contribution in [2.75, 3.05) is 28.7 Å². The van der Waals surface area contributed by atoms with Crippen molar-refractivity contribution in [1.82, 2.24) is 0 Å². The van der Waals surface area contributed by atoms with Gasteiger partial charge < -0.3 is 5.32 Å². The van der Waals surface area contributed by atoms with E-state index in [9.17, 15) is 13.2 Å². The molecule has 0 aliphatic rings. The Kier molecular flexibility index (Phi) is 6.62. The molecule has 0 bridgehead atoms. The van der Waals surface area contributed by atoms with Crippen LogP contribution >= 0.6 is 35.0 Å². The second-order valence-electron chi connectivity index (χ2n) is 5.15. The quantitative estimate of drug-likeness (QED) is 0.716. The van der Waals surface area contributed by atoms with Gasteiger partial charge in [-0.05, 0) is 42.7 Å². The molecule has 0 unspecified atom stereocenters. The Morgan fingerprint density at radius 1 is 1.16 bits per heavy atom. The highest BCUT2D eigenvalue weighted by Gasteiger charge is 2.21. The van der Waals surface area contributed by atoms with Crippen LogP contribution in [0.15, 0.2) is 47.4 Å². The SMILES string of the molecule is CSc1cccc(N(CC(=O)Nc2ccc(Cl)c(Cl)c2)S(C)(=O)=O)c1. The number of nitrogens with one attached hydrogen (secondary N) is 1. The minimum Gasteiger partial charge on any atom is -0.324 e. The number of thioether (sulfide) groups is 1. The molecule has 0 aliphatic heterocycles. The highest BCUT2D eigenvalue weighted by Crippen LogP contribution is 2.26. The monoisotopic (exact) mass is 418 g/mol. The van der Waals surface area contributed by atoms with Crippen molar-refractivity contribution in [2.24, 2.45) is 0 Å². The molecule has 1 N–H and O–H groups in total. The molecule has 2 aromatic rings. The first kappa shape index (κ1) is 19.9. The largest absolute Gasteiger partial charge is 0.324 e. The second-order valence-corrected chi connectivity index (χ2v) is 8.75. The van der Waals surface area contributed by atoms with Crippen LogP contribution in [0.2, 0.25) is 10.0 Å². The van der Waals surface area contributed by atoms with Gasteiger partial charge in [0.25, 0.3) is 0 Å². The van der Waals surface area contributed by atoms with Crippen LogP contribution in [-0.2, 0) is 14.8 Å². The number of carbonyl (C=O) groups is 1. The molecule has 2 rings (SSSR count). The van der Waals surface area contributed by atoms with Crippen LogP contribution in [0.1, 0.15) is 0 Å². The van der Waals surface area contributed by atoms with Gasteiger partial charge in [-0.15, -0.1) is 11.8 Å². The number of carbonyl (C=O) groups excluding carboxylic acids is 1. The summed E-state index contributed by atoms with van der Waals surface area (Å²) in [5.41, 5.74) is 0.865. The summed E-state index contributed by atoms with van der Waals surface area (Å²) in [4.78, 5) is 13.2. The van der Waals surface area contributed by atoms with Gasteiger partial charge in [0.15, 0.2) is 0 Å². The van der Waals surface area contributed by atoms with Gasteiger partial charge in [-0.1, -0.05) is 29.3 Å². The average molecular weight is 419 g/mol. The van der Waals surface area contributed by atoms with Gasteiger partial charge in [-0.2, -0.15) is 0 Å². The third-order valence-corrected chi connectivity index (χ3v) is 5.84. The van der Waals surface area contributed by atoms with E-state index in [0.717, 1.165) is 15.5 Å². The Bertz CT molecular complexity index is 889. The highest BCUT2D eigenvalue weighted by molar-refractivity contribution is 7.98. The summed E-state index contributed by atoms with van der Waals surface area (Å²) in [6.07, 6.45) is 2.95. The molecule has 0 heterocycles. The molecule has 0 saturated carbocycles. The van der Waals surface area contributed by atoms with Crippen LogP contribution in [0.4, 0.5) is 11.4 Å². The van der Waals surface area contributed by atoms with Crippen molar-refractivity contribution in [3.05, 3.63) is 52.5 Å². The molecule has 9 heteroatoms. The fourth-order valence-corrected chi connectivity index (χ4v) is 3.67. The molecule has 2 aromatic carbocycles. The van der Waals surface area contributed by atoms with Gasteiger partial charge in [-0.25, -0.2) is 8.42 Å². The van der Waals surface area contributed by atoms with Crippen molar-refractivity contribution in [1.29, 1.82) is 0 Å². The van der Waals surface area contributed by atoms with Crippen LogP contribution in [-0.4, -0.2) is 33.4 Å². The zero-order chi connectivity index (χ0) is 18.6. The van der Waals surface area contributed by atoms with Crippen LogP contribution < -0.4 is 9.62 Å². The number of halogens is 2. The molecule has 0 aromatic heterocycles. The molecule has 5 nitrogen and oxygen atoms in total. The summed E-state index contributed by atoms with van der Waals surface area (Å²) in [5, 5.41) is 3.28. The zero-order valence-electron chi connectivity index (χ0n) is 13.5. The van der Waals surface area contributed by atoms with Gasteiger partial charge >= 0.3 is 0 Å². The second kappa shape index (κ2) is 8.31. The van der Waals surface area contributed by atoms with Crippen molar-refractivity contribution in [3.8, 4) is 0 Å². The van der Waals surface area contributed by atoms with Crippen molar-refractivity contribution < 1.29 is 13.2 Å². The Morgan fingerprint density at radius 2 is 1.88 bits per heavy atom. The molecule has 0 spiro atoms. The minimum absolute atomic E-state index is 0.298. The average Bonchev–Trinajstić information content (AvgIpc) is 2.55. The lowest BCUT2D eigenvalue weighted by Gasteiger charge is -2.22. The van der Waals surface area contributed by atoms with E-state index in [0.29, 0.717) is 21.4 Å². The zero-order valence-corrected chi connectivity index (χ0v) is 16.6. The van der Waals surface area contributed by atoms with Gasteiger partial charge in [0.2, 0.25) is 15.9 Å². The molecule has 0 aliphatic carbocycles. The maximum absolute atomic E-state index is 12.3. The number of nitrogens with zero attached hydrogens (tertiary/aromatic N) is 1. The first-order chi connectivity index (χ1) is 11.7. The predicted octanol–water partition coefficient (Wildman–Crippen LogP) is 4.12. The normalized spacial score (nSPS) is 11.2. The first-order valence-corrected chi connectivity index (χ1v) is 10.9. The van der Waals surface area contributed by atoms with E-state index in [4.69, 9.17) is 23.2 Å². The number of sulfonamides is 1. The van der Waals surface area contributed by atoms with Gasteiger partial charge in [0.05, 0.1) is 22.0 Å². The van der Waals surface area contributed by atoms with Crippen molar-refractivity contribution >= 4 is 62.3 Å². The number of benzene rings is 2. The van der Waals surface area contributed by atoms with Gasteiger partial charge in [-0.3, -0.25) is 9.10 Å². The lowest BCUT2D eigenvalue weighted by Crippen LogP contribution is -2.37. The Hall–Kier alpha value is -1.41. The number of rotatable bonds is 6. The molecule has 0 atom stereocenters. The minimum atomic E-state index is -3.63. The summed E-state index contributed by atoms with van der Waals surface area (Å²) >= 11 is 13.2. The molecule has 1 amide bonds. The molecular formula is C16H16Cl2N2O3S2. The molecule has 0 saturated heterocycles. The molecular weight excluding hydrogens is 403 g/mol. The predicted molar refractivity (Wildman–Crippen MR) is 106 cm³/mol. The number of hydrogen-bond acceptors (Lipinski definition) is 4. The van der Waals surface area contributed by atoms with Crippen LogP contribution in [0, 0.1) is 0 Å². The van der Waals surface area contributed by atoms with E-state index >= 15 is 0 Å². The molecule has 0 fully saturated rings. The highest BCUT2D eigenvalue weighted by atomic mass is 35.5. The maximum atomic E-state index is 12.3. The number of amides is 1.